The third-order valence-corrected chi connectivity index (χ3v) is 5.59. The Morgan fingerprint density at radius 3 is 2.48 bits per heavy atom. The van der Waals surface area contributed by atoms with Crippen LogP contribution in [0.3, 0.4) is 0 Å². The molecule has 2 heterocycles. The molecule has 8 nitrogen and oxygen atoms in total. The van der Waals surface area contributed by atoms with Crippen molar-refractivity contribution in [2.45, 2.75) is 44.7 Å². The van der Waals surface area contributed by atoms with Crippen LogP contribution in [-0.2, 0) is 25.7 Å². The number of carbonyl (C=O) groups is 4. The number of rotatable bonds is 7. The van der Waals surface area contributed by atoms with E-state index < -0.39 is 12.1 Å². The normalized spacial score (nSPS) is 20.0. The molecule has 2 fully saturated rings. The number of methoxy groups -OCH3 is 1. The fourth-order valence-corrected chi connectivity index (χ4v) is 3.82. The fourth-order valence-electron chi connectivity index (χ4n) is 3.82. The van der Waals surface area contributed by atoms with Crippen molar-refractivity contribution >= 4 is 23.8 Å². The summed E-state index contributed by atoms with van der Waals surface area (Å²) in [4.78, 5) is 51.6. The molecular formula is C21H27N3O5. The third-order valence-electron chi connectivity index (χ3n) is 5.59. The van der Waals surface area contributed by atoms with Crippen molar-refractivity contribution < 1.29 is 23.9 Å². The van der Waals surface area contributed by atoms with Gasteiger partial charge in [-0.1, -0.05) is 30.3 Å². The van der Waals surface area contributed by atoms with Gasteiger partial charge in [0.2, 0.25) is 5.91 Å². The first-order valence-electron chi connectivity index (χ1n) is 9.98. The minimum Gasteiger partial charge on any atom is -0.469 e. The van der Waals surface area contributed by atoms with Crippen LogP contribution in [0.2, 0.25) is 0 Å². The Hall–Kier alpha value is -2.90. The van der Waals surface area contributed by atoms with Crippen molar-refractivity contribution in [1.29, 1.82) is 0 Å². The largest absolute Gasteiger partial charge is 0.469 e. The average molecular weight is 401 g/mol. The van der Waals surface area contributed by atoms with Crippen molar-refractivity contribution in [3.8, 4) is 0 Å². The van der Waals surface area contributed by atoms with Crippen LogP contribution in [0.4, 0.5) is 4.79 Å². The SMILES string of the molecule is COC(=O)CC1CCN(C(=O)CC[C@@H]2NC(=O)N(Cc3ccccc3)C2=O)CC1. The topological polar surface area (TPSA) is 96.0 Å². The number of likely N-dealkylation sites (tertiary alicyclic amines) is 1. The third kappa shape index (κ3) is 5.34. The second-order valence-electron chi connectivity index (χ2n) is 7.56. The minimum atomic E-state index is -0.660. The van der Waals surface area contributed by atoms with Gasteiger partial charge in [-0.05, 0) is 30.7 Å². The standard InChI is InChI=1S/C21H27N3O5/c1-29-19(26)13-15-9-11-23(12-10-15)18(25)8-7-17-20(27)24(21(28)22-17)14-16-5-3-2-4-6-16/h2-6,15,17H,7-14H2,1H3,(H,22,28)/t17-/m0/s1. The van der Waals surface area contributed by atoms with E-state index in [2.05, 4.69) is 5.32 Å². The number of nitrogens with zero attached hydrogens (tertiary/aromatic N) is 2. The highest BCUT2D eigenvalue weighted by atomic mass is 16.5. The first-order valence-corrected chi connectivity index (χ1v) is 9.98. The highest BCUT2D eigenvalue weighted by Gasteiger charge is 2.38. The van der Waals surface area contributed by atoms with Crippen molar-refractivity contribution in [3.63, 3.8) is 0 Å². The summed E-state index contributed by atoms with van der Waals surface area (Å²) in [6, 6.07) is 8.24. The number of imide groups is 1. The van der Waals surface area contributed by atoms with Crippen molar-refractivity contribution in [2.24, 2.45) is 5.92 Å². The number of hydrogen-bond donors (Lipinski definition) is 1. The maximum Gasteiger partial charge on any atom is 0.325 e. The van der Waals surface area contributed by atoms with Gasteiger partial charge in [0.05, 0.1) is 13.7 Å². The molecule has 1 aromatic carbocycles. The first-order chi connectivity index (χ1) is 14.0. The van der Waals surface area contributed by atoms with Crippen LogP contribution < -0.4 is 5.32 Å². The predicted octanol–water partition coefficient (Wildman–Crippen LogP) is 1.69. The monoisotopic (exact) mass is 401 g/mol. The molecule has 2 saturated heterocycles. The Morgan fingerprint density at radius 1 is 1.14 bits per heavy atom. The van der Waals surface area contributed by atoms with Crippen LogP contribution in [0.15, 0.2) is 30.3 Å². The molecule has 0 aromatic heterocycles. The molecule has 29 heavy (non-hydrogen) atoms. The minimum absolute atomic E-state index is 0.0231. The summed E-state index contributed by atoms with van der Waals surface area (Å²) < 4.78 is 4.70. The molecule has 1 N–H and O–H groups in total. The number of amides is 4. The summed E-state index contributed by atoms with van der Waals surface area (Å²) in [5.74, 6) is -0.285. The van der Waals surface area contributed by atoms with Gasteiger partial charge in [-0.3, -0.25) is 19.3 Å². The molecule has 0 bridgehead atoms. The van der Waals surface area contributed by atoms with Crippen molar-refractivity contribution in [1.82, 2.24) is 15.1 Å². The molecule has 0 spiro atoms. The Labute approximate surface area is 170 Å². The van der Waals surface area contributed by atoms with Gasteiger partial charge in [-0.25, -0.2) is 4.79 Å². The molecule has 4 amide bonds. The van der Waals surface area contributed by atoms with Gasteiger partial charge in [-0.2, -0.15) is 0 Å². The van der Waals surface area contributed by atoms with E-state index in [1.165, 1.54) is 12.0 Å². The van der Waals surface area contributed by atoms with Crippen molar-refractivity contribution in [3.05, 3.63) is 35.9 Å². The summed E-state index contributed by atoms with van der Waals surface area (Å²) in [5.41, 5.74) is 0.877. The van der Waals surface area contributed by atoms with Crippen LogP contribution in [0.1, 0.15) is 37.7 Å². The number of urea groups is 1. The summed E-state index contributed by atoms with van der Waals surface area (Å²) in [6.07, 6.45) is 2.42. The Morgan fingerprint density at radius 2 is 1.83 bits per heavy atom. The number of piperidine rings is 1. The number of benzene rings is 1. The quantitative estimate of drug-likeness (QED) is 0.554. The lowest BCUT2D eigenvalue weighted by Crippen LogP contribution is -2.40. The second-order valence-corrected chi connectivity index (χ2v) is 7.56. The van der Waals surface area contributed by atoms with E-state index in [0.717, 1.165) is 18.4 Å². The maximum atomic E-state index is 12.6. The Balaban J connectivity index is 1.44. The molecule has 8 heteroatoms. The Kier molecular flexibility index (Phi) is 6.85. The fraction of sp³-hybridized carbons (Fsp3) is 0.524. The molecule has 0 saturated carbocycles. The van der Waals surface area contributed by atoms with E-state index in [4.69, 9.17) is 4.74 Å². The molecule has 1 atom stereocenters. The van der Waals surface area contributed by atoms with E-state index in [1.54, 1.807) is 4.90 Å². The molecule has 0 radical (unpaired) electrons. The van der Waals surface area contributed by atoms with E-state index in [9.17, 15) is 19.2 Å². The van der Waals surface area contributed by atoms with Crippen LogP contribution >= 0.6 is 0 Å². The van der Waals surface area contributed by atoms with E-state index >= 15 is 0 Å². The lowest BCUT2D eigenvalue weighted by Gasteiger charge is -2.31. The van der Waals surface area contributed by atoms with Gasteiger partial charge in [0.1, 0.15) is 6.04 Å². The highest BCUT2D eigenvalue weighted by Crippen LogP contribution is 2.22. The zero-order chi connectivity index (χ0) is 20.8. The number of esters is 1. The number of hydrogen-bond acceptors (Lipinski definition) is 5. The molecule has 3 rings (SSSR count). The van der Waals surface area contributed by atoms with Gasteiger partial charge in [0, 0.05) is 25.9 Å². The zero-order valence-corrected chi connectivity index (χ0v) is 16.6. The van der Waals surface area contributed by atoms with Crippen molar-refractivity contribution in [2.75, 3.05) is 20.2 Å². The first kappa shape index (κ1) is 20.8. The second kappa shape index (κ2) is 9.54. The zero-order valence-electron chi connectivity index (χ0n) is 16.6. The molecule has 2 aliphatic rings. The van der Waals surface area contributed by atoms with Crippen LogP contribution in [0.25, 0.3) is 0 Å². The van der Waals surface area contributed by atoms with Gasteiger partial charge in [0.25, 0.3) is 5.91 Å². The average Bonchev–Trinajstić information content (AvgIpc) is 3.00. The number of carbonyl (C=O) groups excluding carboxylic acids is 4. The highest BCUT2D eigenvalue weighted by molar-refractivity contribution is 6.04. The lowest BCUT2D eigenvalue weighted by atomic mass is 9.93. The van der Waals surface area contributed by atoms with Crippen LogP contribution in [0, 0.1) is 5.92 Å². The van der Waals surface area contributed by atoms with E-state index in [-0.39, 0.29) is 43.1 Å². The molecular weight excluding hydrogens is 374 g/mol. The van der Waals surface area contributed by atoms with Crippen LogP contribution in [-0.4, -0.2) is 59.9 Å². The van der Waals surface area contributed by atoms with Gasteiger partial charge in [0.15, 0.2) is 0 Å². The summed E-state index contributed by atoms with van der Waals surface area (Å²) >= 11 is 0. The molecule has 0 aliphatic carbocycles. The van der Waals surface area contributed by atoms with Crippen LogP contribution in [0.5, 0.6) is 0 Å². The number of ether oxygens (including phenoxy) is 1. The van der Waals surface area contributed by atoms with E-state index in [0.29, 0.717) is 19.5 Å². The van der Waals surface area contributed by atoms with Gasteiger partial charge < -0.3 is 15.0 Å². The molecule has 156 valence electrons. The van der Waals surface area contributed by atoms with Gasteiger partial charge >= 0.3 is 12.0 Å². The van der Waals surface area contributed by atoms with E-state index in [1.807, 2.05) is 30.3 Å². The Bertz CT molecular complexity index is 759. The predicted molar refractivity (Wildman–Crippen MR) is 104 cm³/mol. The molecule has 0 unspecified atom stereocenters. The number of nitrogens with one attached hydrogen (secondary N) is 1. The lowest BCUT2D eigenvalue weighted by molar-refractivity contribution is -0.142. The van der Waals surface area contributed by atoms with Gasteiger partial charge in [-0.15, -0.1) is 0 Å². The molecule has 1 aromatic rings. The summed E-state index contributed by atoms with van der Waals surface area (Å²) in [5, 5.41) is 2.68. The summed E-state index contributed by atoms with van der Waals surface area (Å²) in [7, 11) is 1.38. The smallest absolute Gasteiger partial charge is 0.325 e. The maximum absolute atomic E-state index is 12.6. The molecule has 2 aliphatic heterocycles. The summed E-state index contributed by atoms with van der Waals surface area (Å²) in [6.45, 7) is 1.43.